The van der Waals surface area contributed by atoms with Crippen LogP contribution in [0.15, 0.2) is 0 Å². The molecule has 29 heavy (non-hydrogen) atoms. The van der Waals surface area contributed by atoms with Gasteiger partial charge in [-0.3, -0.25) is 33.9 Å². The van der Waals surface area contributed by atoms with Crippen molar-refractivity contribution < 1.29 is 34.5 Å². The molecule has 0 bridgehead atoms. The average Bonchev–Trinajstić information content (AvgIpc) is 2.66. The second-order valence-corrected chi connectivity index (χ2v) is 7.34. The second-order valence-electron chi connectivity index (χ2n) is 7.34. The van der Waals surface area contributed by atoms with E-state index < -0.39 is 17.9 Å². The van der Waals surface area contributed by atoms with Gasteiger partial charge in [-0.15, -0.1) is 0 Å². The highest BCUT2D eigenvalue weighted by atomic mass is 16.4. The van der Waals surface area contributed by atoms with Crippen LogP contribution in [0.25, 0.3) is 0 Å². The topological polar surface area (TPSA) is 142 Å². The van der Waals surface area contributed by atoms with Crippen LogP contribution in [0.5, 0.6) is 0 Å². The number of carboxylic acid groups (broad SMARTS) is 3. The number of rotatable bonds is 12. The first-order valence-corrected chi connectivity index (χ1v) is 9.70. The van der Waals surface area contributed by atoms with Gasteiger partial charge in [0.25, 0.3) is 0 Å². The molecule has 0 aromatic rings. The summed E-state index contributed by atoms with van der Waals surface area (Å²) < 4.78 is 0. The monoisotopic (exact) mass is 416 g/mol. The minimum Gasteiger partial charge on any atom is -0.480 e. The molecule has 1 rings (SSSR count). The third kappa shape index (κ3) is 12.2. The quantitative estimate of drug-likeness (QED) is 0.340. The number of nitrogens with zero attached hydrogens (tertiary/aromatic N) is 4. The van der Waals surface area contributed by atoms with Crippen LogP contribution in [0.4, 0.5) is 0 Å². The van der Waals surface area contributed by atoms with E-state index in [1.165, 1.54) is 6.92 Å². The van der Waals surface area contributed by atoms with E-state index in [2.05, 4.69) is 4.90 Å². The number of ketones is 1. The maximum Gasteiger partial charge on any atom is 0.317 e. The largest absolute Gasteiger partial charge is 0.480 e. The van der Waals surface area contributed by atoms with Crippen LogP contribution in [0, 0.1) is 0 Å². The third-order valence-electron chi connectivity index (χ3n) is 4.67. The Hall–Kier alpha value is -2.08. The van der Waals surface area contributed by atoms with Gasteiger partial charge in [0.15, 0.2) is 0 Å². The lowest BCUT2D eigenvalue weighted by Gasteiger charge is -2.26. The number of Topliss-reactive ketones (excluding diaryl/α,β-unsaturated/α-hetero) is 1. The lowest BCUT2D eigenvalue weighted by atomic mass is 10.3. The number of hydrogen-bond acceptors (Lipinski definition) is 8. The fourth-order valence-electron chi connectivity index (χ4n) is 3.34. The fourth-order valence-corrected chi connectivity index (χ4v) is 3.34. The molecule has 0 unspecified atom stereocenters. The number of carbonyl (C=O) groups excluding carboxylic acids is 1. The van der Waals surface area contributed by atoms with Gasteiger partial charge in [0.2, 0.25) is 0 Å². The van der Waals surface area contributed by atoms with Gasteiger partial charge < -0.3 is 20.2 Å². The van der Waals surface area contributed by atoms with Gasteiger partial charge in [0.05, 0.1) is 26.2 Å². The summed E-state index contributed by atoms with van der Waals surface area (Å²) in [6.45, 7) is 5.58. The lowest BCUT2D eigenvalue weighted by Crippen LogP contribution is -2.40. The summed E-state index contributed by atoms with van der Waals surface area (Å²) in [6.07, 6.45) is 0.651. The second kappa shape index (κ2) is 13.2. The lowest BCUT2D eigenvalue weighted by molar-refractivity contribution is -0.140. The highest BCUT2D eigenvalue weighted by molar-refractivity contribution is 5.78. The Morgan fingerprint density at radius 1 is 0.724 bits per heavy atom. The van der Waals surface area contributed by atoms with E-state index in [4.69, 9.17) is 15.3 Å². The van der Waals surface area contributed by atoms with Gasteiger partial charge in [-0.2, -0.15) is 0 Å². The van der Waals surface area contributed by atoms with Crippen molar-refractivity contribution in [2.45, 2.75) is 13.3 Å². The molecule has 0 aliphatic carbocycles. The highest BCUT2D eigenvalue weighted by Crippen LogP contribution is 2.03. The van der Waals surface area contributed by atoms with Crippen molar-refractivity contribution in [3.05, 3.63) is 0 Å². The predicted octanol–water partition coefficient (Wildman–Crippen LogP) is -1.56. The highest BCUT2D eigenvalue weighted by Gasteiger charge is 2.19. The number of carbonyl (C=O) groups is 4. The van der Waals surface area contributed by atoms with E-state index in [1.54, 1.807) is 14.7 Å². The van der Waals surface area contributed by atoms with Gasteiger partial charge in [0, 0.05) is 45.8 Å². The van der Waals surface area contributed by atoms with Crippen molar-refractivity contribution in [1.82, 2.24) is 19.6 Å². The van der Waals surface area contributed by atoms with Crippen LogP contribution < -0.4 is 0 Å². The van der Waals surface area contributed by atoms with Gasteiger partial charge in [-0.05, 0) is 19.9 Å². The minimum absolute atomic E-state index is 0.0884. The molecule has 0 atom stereocenters. The Morgan fingerprint density at radius 3 is 1.55 bits per heavy atom. The molecule has 166 valence electrons. The number of aliphatic carboxylic acids is 3. The first kappa shape index (κ1) is 25.0. The van der Waals surface area contributed by atoms with E-state index in [0.717, 1.165) is 0 Å². The normalized spacial score (nSPS) is 17.4. The summed E-state index contributed by atoms with van der Waals surface area (Å²) in [5.74, 6) is -2.92. The Balaban J connectivity index is 2.64. The van der Waals surface area contributed by atoms with Gasteiger partial charge in [-0.1, -0.05) is 0 Å². The molecule has 1 saturated heterocycles. The molecule has 0 radical (unpaired) electrons. The van der Waals surface area contributed by atoms with E-state index in [-0.39, 0.29) is 32.0 Å². The Bertz CT molecular complexity index is 528. The van der Waals surface area contributed by atoms with Crippen molar-refractivity contribution in [2.24, 2.45) is 0 Å². The standard InChI is InChI=1S/C18H32N4O7/c1-15(23)11-22(14-18(28)29)4-2-3-19-5-7-20(12-16(24)25)9-10-21(8-6-19)13-17(26)27/h2-14H2,1H3,(H,24,25)(H,26,27)(H,28,29). The number of carboxylic acids is 3. The Labute approximate surface area is 170 Å². The fraction of sp³-hybridized carbons (Fsp3) is 0.778. The molecule has 1 aliphatic heterocycles. The third-order valence-corrected chi connectivity index (χ3v) is 4.67. The van der Waals surface area contributed by atoms with Gasteiger partial charge >= 0.3 is 17.9 Å². The Kier molecular flexibility index (Phi) is 11.4. The van der Waals surface area contributed by atoms with Crippen LogP contribution in [0.3, 0.4) is 0 Å². The molecule has 0 spiro atoms. The molecule has 1 aliphatic rings. The van der Waals surface area contributed by atoms with Crippen molar-refractivity contribution in [3.8, 4) is 0 Å². The molecule has 1 fully saturated rings. The molecule has 11 nitrogen and oxygen atoms in total. The summed E-state index contributed by atoms with van der Waals surface area (Å²) in [6, 6.07) is 0. The Morgan fingerprint density at radius 2 is 1.17 bits per heavy atom. The van der Waals surface area contributed by atoms with Crippen molar-refractivity contribution in [2.75, 3.05) is 78.5 Å². The first-order chi connectivity index (χ1) is 13.7. The molecular weight excluding hydrogens is 384 g/mol. The smallest absolute Gasteiger partial charge is 0.317 e. The first-order valence-electron chi connectivity index (χ1n) is 9.70. The van der Waals surface area contributed by atoms with Crippen LogP contribution in [0.2, 0.25) is 0 Å². The molecule has 0 saturated carbocycles. The molecule has 0 aromatic carbocycles. The zero-order chi connectivity index (χ0) is 21.8. The zero-order valence-corrected chi connectivity index (χ0v) is 17.0. The van der Waals surface area contributed by atoms with Gasteiger partial charge in [0.1, 0.15) is 5.78 Å². The van der Waals surface area contributed by atoms with E-state index in [0.29, 0.717) is 58.8 Å². The summed E-state index contributed by atoms with van der Waals surface area (Å²) in [4.78, 5) is 51.7. The SMILES string of the molecule is CC(=O)CN(CCCN1CCN(CC(=O)O)CCN(CC(=O)O)CC1)CC(=O)O. The minimum atomic E-state index is -0.984. The van der Waals surface area contributed by atoms with Crippen LogP contribution in [-0.2, 0) is 19.2 Å². The molecule has 3 N–H and O–H groups in total. The van der Waals surface area contributed by atoms with Crippen LogP contribution in [-0.4, -0.2) is 137 Å². The van der Waals surface area contributed by atoms with E-state index in [1.807, 2.05) is 0 Å². The van der Waals surface area contributed by atoms with E-state index >= 15 is 0 Å². The predicted molar refractivity (Wildman–Crippen MR) is 104 cm³/mol. The van der Waals surface area contributed by atoms with E-state index in [9.17, 15) is 19.2 Å². The van der Waals surface area contributed by atoms with Crippen molar-refractivity contribution in [3.63, 3.8) is 0 Å². The summed E-state index contributed by atoms with van der Waals surface area (Å²) >= 11 is 0. The maximum absolute atomic E-state index is 11.3. The van der Waals surface area contributed by atoms with Gasteiger partial charge in [-0.25, -0.2) is 0 Å². The summed E-state index contributed by atoms with van der Waals surface area (Å²) in [5.41, 5.74) is 0. The molecular formula is C18H32N4O7. The van der Waals surface area contributed by atoms with Crippen molar-refractivity contribution in [1.29, 1.82) is 0 Å². The average molecular weight is 416 g/mol. The summed E-state index contributed by atoms with van der Waals surface area (Å²) in [7, 11) is 0. The van der Waals surface area contributed by atoms with Crippen LogP contribution in [0.1, 0.15) is 13.3 Å². The number of hydrogen-bond donors (Lipinski definition) is 3. The molecule has 11 heteroatoms. The maximum atomic E-state index is 11.3. The van der Waals surface area contributed by atoms with Crippen molar-refractivity contribution >= 4 is 23.7 Å². The molecule has 0 amide bonds. The zero-order valence-electron chi connectivity index (χ0n) is 17.0. The van der Waals surface area contributed by atoms with Crippen LogP contribution >= 0.6 is 0 Å². The molecule has 0 aromatic heterocycles. The molecule has 1 heterocycles. The summed E-state index contributed by atoms with van der Waals surface area (Å²) in [5, 5.41) is 27.1.